The third-order valence-electron chi connectivity index (χ3n) is 9.37. The van der Waals surface area contributed by atoms with Crippen LogP contribution >= 0.6 is 0 Å². The van der Waals surface area contributed by atoms with Crippen molar-refractivity contribution >= 4 is 5.78 Å². The summed E-state index contributed by atoms with van der Waals surface area (Å²) in [6.45, 7) is 3.59. The highest BCUT2D eigenvalue weighted by molar-refractivity contribution is 6.01. The second kappa shape index (κ2) is 7.33. The first kappa shape index (κ1) is 22.0. The van der Waals surface area contributed by atoms with Crippen molar-refractivity contribution in [1.29, 1.82) is 0 Å². The summed E-state index contributed by atoms with van der Waals surface area (Å²) in [5, 5.41) is 22.7. The average Bonchev–Trinajstić information content (AvgIpc) is 3.02. The Balaban J connectivity index is 1.56. The second-order valence-corrected chi connectivity index (χ2v) is 10.8. The Hall–Kier alpha value is -1.85. The molecule has 32 heavy (non-hydrogen) atoms. The highest BCUT2D eigenvalue weighted by Crippen LogP contribution is 2.69. The predicted molar refractivity (Wildman–Crippen MR) is 118 cm³/mol. The first-order valence-corrected chi connectivity index (χ1v) is 11.8. The van der Waals surface area contributed by atoms with E-state index < -0.39 is 40.8 Å². The molecule has 3 nitrogen and oxygen atoms in total. The maximum Gasteiger partial charge on any atom is 0.178 e. The summed E-state index contributed by atoms with van der Waals surface area (Å²) < 4.78 is 32.6. The van der Waals surface area contributed by atoms with Crippen molar-refractivity contribution < 1.29 is 23.8 Å². The van der Waals surface area contributed by atoms with E-state index in [-0.39, 0.29) is 36.0 Å². The molecular formula is C27H32F2O3. The zero-order valence-electron chi connectivity index (χ0n) is 18.7. The Bertz CT molecular complexity index is 974. The molecular weight excluding hydrogens is 410 g/mol. The van der Waals surface area contributed by atoms with Crippen LogP contribution in [0.1, 0.15) is 45.1 Å². The number of aryl methyl sites for hydroxylation is 1. The Morgan fingerprint density at radius 3 is 2.56 bits per heavy atom. The van der Waals surface area contributed by atoms with Gasteiger partial charge in [-0.3, -0.25) is 4.79 Å². The van der Waals surface area contributed by atoms with E-state index in [2.05, 4.69) is 0 Å². The Kier molecular flexibility index (Phi) is 5.03. The van der Waals surface area contributed by atoms with Crippen molar-refractivity contribution in [3.05, 3.63) is 59.7 Å². The lowest BCUT2D eigenvalue weighted by atomic mass is 9.44. The van der Waals surface area contributed by atoms with Crippen molar-refractivity contribution in [2.24, 2.45) is 28.6 Å². The molecule has 0 radical (unpaired) electrons. The lowest BCUT2D eigenvalue weighted by molar-refractivity contribution is -0.212. The van der Waals surface area contributed by atoms with E-state index in [1.807, 2.05) is 37.3 Å². The molecule has 5 heteroatoms. The fourth-order valence-electron chi connectivity index (χ4n) is 7.77. The van der Waals surface area contributed by atoms with Crippen LogP contribution in [0.4, 0.5) is 8.78 Å². The van der Waals surface area contributed by atoms with Gasteiger partial charge in [0.25, 0.3) is 0 Å². The molecule has 172 valence electrons. The van der Waals surface area contributed by atoms with Gasteiger partial charge >= 0.3 is 0 Å². The van der Waals surface area contributed by atoms with E-state index in [4.69, 9.17) is 0 Å². The van der Waals surface area contributed by atoms with Crippen molar-refractivity contribution in [2.75, 3.05) is 0 Å². The summed E-state index contributed by atoms with van der Waals surface area (Å²) in [5.41, 5.74) is -2.82. The fraction of sp³-hybridized carbons (Fsp3) is 0.593. The molecule has 3 fully saturated rings. The minimum atomic E-state index is -2.08. The number of allylic oxidation sites excluding steroid dienone is 4. The summed E-state index contributed by atoms with van der Waals surface area (Å²) >= 11 is 0. The van der Waals surface area contributed by atoms with E-state index in [1.54, 1.807) is 6.92 Å². The van der Waals surface area contributed by atoms with Gasteiger partial charge in [-0.1, -0.05) is 43.3 Å². The second-order valence-electron chi connectivity index (χ2n) is 10.8. The number of alkyl halides is 2. The van der Waals surface area contributed by atoms with Crippen LogP contribution in [0.25, 0.3) is 0 Å². The number of halogens is 2. The first-order valence-electron chi connectivity index (χ1n) is 11.8. The van der Waals surface area contributed by atoms with E-state index in [1.165, 1.54) is 18.2 Å². The standard InChI is InChI=1S/C27H32F2O3/c1-16-12-19-20-14-22(28)21-13-18(30)9-10-25(21,2)27(20,29)23(31)15-26(19,24(16)32)11-8-17-6-4-3-5-7-17/h3-7,9-10,13,16,19-20,22-24,31-32H,8,11-12,14-15H2,1-2H3/t16-,19+,20+,22+,23+,24-,25+,26+,27+/m1/s1. The highest BCUT2D eigenvalue weighted by atomic mass is 19.1. The summed E-state index contributed by atoms with van der Waals surface area (Å²) in [6, 6.07) is 9.97. The van der Waals surface area contributed by atoms with Gasteiger partial charge in [-0.15, -0.1) is 0 Å². The van der Waals surface area contributed by atoms with Gasteiger partial charge in [0, 0.05) is 16.7 Å². The molecule has 5 rings (SSSR count). The van der Waals surface area contributed by atoms with Crippen molar-refractivity contribution in [3.8, 4) is 0 Å². The topological polar surface area (TPSA) is 57.5 Å². The maximum atomic E-state index is 17.2. The van der Waals surface area contributed by atoms with Crippen LogP contribution in [0, 0.1) is 28.6 Å². The van der Waals surface area contributed by atoms with E-state index in [0.717, 1.165) is 12.0 Å². The number of carbonyl (C=O) groups is 1. The molecule has 0 unspecified atom stereocenters. The smallest absolute Gasteiger partial charge is 0.178 e. The number of ketones is 1. The molecule has 0 aromatic heterocycles. The van der Waals surface area contributed by atoms with Gasteiger partial charge in [0.2, 0.25) is 0 Å². The molecule has 1 aromatic rings. The molecule has 0 spiro atoms. The van der Waals surface area contributed by atoms with E-state index in [0.29, 0.717) is 12.8 Å². The normalized spacial score (nSPS) is 47.4. The molecule has 1 aromatic carbocycles. The lowest BCUT2D eigenvalue weighted by Crippen LogP contribution is -2.68. The quantitative estimate of drug-likeness (QED) is 0.723. The van der Waals surface area contributed by atoms with Crippen LogP contribution in [0.5, 0.6) is 0 Å². The number of hydrogen-bond acceptors (Lipinski definition) is 3. The van der Waals surface area contributed by atoms with Crippen molar-refractivity contribution in [3.63, 3.8) is 0 Å². The van der Waals surface area contributed by atoms with Gasteiger partial charge in [0.1, 0.15) is 6.17 Å². The molecule has 3 saturated carbocycles. The van der Waals surface area contributed by atoms with Crippen LogP contribution < -0.4 is 0 Å². The molecule has 4 aliphatic rings. The minimum absolute atomic E-state index is 0.0448. The van der Waals surface area contributed by atoms with Gasteiger partial charge < -0.3 is 10.2 Å². The number of rotatable bonds is 3. The molecule has 9 atom stereocenters. The third kappa shape index (κ3) is 2.80. The van der Waals surface area contributed by atoms with Crippen molar-refractivity contribution in [2.45, 2.75) is 70.0 Å². The molecule has 0 bridgehead atoms. The Morgan fingerprint density at radius 1 is 1.12 bits per heavy atom. The SMILES string of the molecule is C[C@@H]1C[C@H]2[C@@H]3C[C@H](F)C4=CC(=O)C=C[C@]4(C)[C@@]3(F)[C@@H](O)C[C@]2(CCc2ccccc2)[C@@H]1O. The summed E-state index contributed by atoms with van der Waals surface area (Å²) in [5.74, 6) is -1.34. The summed E-state index contributed by atoms with van der Waals surface area (Å²) in [7, 11) is 0. The minimum Gasteiger partial charge on any atom is -0.392 e. The van der Waals surface area contributed by atoms with Crippen molar-refractivity contribution in [1.82, 2.24) is 0 Å². The van der Waals surface area contributed by atoms with Crippen LogP contribution in [0.15, 0.2) is 54.1 Å². The van der Waals surface area contributed by atoms with E-state index >= 15 is 8.78 Å². The highest BCUT2D eigenvalue weighted by Gasteiger charge is 2.73. The van der Waals surface area contributed by atoms with Crippen LogP contribution in [-0.2, 0) is 11.2 Å². The van der Waals surface area contributed by atoms with Crippen LogP contribution in [-0.4, -0.2) is 40.0 Å². The first-order chi connectivity index (χ1) is 15.1. The average molecular weight is 443 g/mol. The molecule has 2 N–H and O–H groups in total. The Labute approximate surface area is 188 Å². The number of hydrogen-bond donors (Lipinski definition) is 2. The molecule has 0 amide bonds. The van der Waals surface area contributed by atoms with Gasteiger partial charge in [-0.05, 0) is 74.2 Å². The lowest BCUT2D eigenvalue weighted by Gasteiger charge is -2.62. The molecule has 0 aliphatic heterocycles. The maximum absolute atomic E-state index is 17.2. The number of aliphatic hydroxyl groups is 2. The number of carbonyl (C=O) groups excluding carboxylic acids is 1. The molecule has 0 heterocycles. The predicted octanol–water partition coefficient (Wildman–Crippen LogP) is 4.53. The number of aliphatic hydroxyl groups excluding tert-OH is 2. The zero-order valence-corrected chi connectivity index (χ0v) is 18.7. The van der Waals surface area contributed by atoms with Gasteiger partial charge in [0.05, 0.1) is 12.2 Å². The van der Waals surface area contributed by atoms with Gasteiger partial charge in [-0.2, -0.15) is 0 Å². The monoisotopic (exact) mass is 442 g/mol. The zero-order chi connectivity index (χ0) is 22.9. The largest absolute Gasteiger partial charge is 0.392 e. The van der Waals surface area contributed by atoms with Gasteiger partial charge in [0.15, 0.2) is 11.5 Å². The fourth-order valence-corrected chi connectivity index (χ4v) is 7.77. The van der Waals surface area contributed by atoms with Crippen LogP contribution in [0.3, 0.4) is 0 Å². The summed E-state index contributed by atoms with van der Waals surface area (Å²) in [4.78, 5) is 11.9. The molecule has 0 saturated heterocycles. The van der Waals surface area contributed by atoms with Gasteiger partial charge in [-0.25, -0.2) is 8.78 Å². The third-order valence-corrected chi connectivity index (χ3v) is 9.37. The van der Waals surface area contributed by atoms with Crippen LogP contribution in [0.2, 0.25) is 0 Å². The number of fused-ring (bicyclic) bond motifs is 5. The Morgan fingerprint density at radius 2 is 1.84 bits per heavy atom. The summed E-state index contributed by atoms with van der Waals surface area (Å²) in [6.07, 6.45) is 2.58. The molecule has 4 aliphatic carbocycles. The number of benzene rings is 1. The van der Waals surface area contributed by atoms with E-state index in [9.17, 15) is 15.0 Å².